The van der Waals surface area contributed by atoms with Gasteiger partial charge in [0.1, 0.15) is 0 Å². The molecule has 2 fully saturated rings. The van der Waals surface area contributed by atoms with Crippen LogP contribution >= 0.6 is 0 Å². The summed E-state index contributed by atoms with van der Waals surface area (Å²) in [5.41, 5.74) is 1.52. The van der Waals surface area contributed by atoms with Gasteiger partial charge in [0.2, 0.25) is 26.0 Å². The zero-order valence-electron chi connectivity index (χ0n) is 20.0. The largest absolute Gasteiger partial charge is 0.326 e. The summed E-state index contributed by atoms with van der Waals surface area (Å²) in [4.78, 5) is 13.3. The highest BCUT2D eigenvalue weighted by Crippen LogP contribution is 2.26. The van der Waals surface area contributed by atoms with E-state index in [0.717, 1.165) is 31.2 Å². The van der Waals surface area contributed by atoms with Gasteiger partial charge in [-0.05, 0) is 69.0 Å². The van der Waals surface area contributed by atoms with Crippen molar-refractivity contribution in [3.8, 4) is 0 Å². The van der Waals surface area contributed by atoms with Gasteiger partial charge < -0.3 is 5.32 Å². The average molecular weight is 520 g/mol. The van der Waals surface area contributed by atoms with Crippen LogP contribution in [-0.4, -0.2) is 57.5 Å². The molecule has 2 aliphatic heterocycles. The minimum Gasteiger partial charge on any atom is -0.326 e. The Balaban J connectivity index is 1.34. The fourth-order valence-corrected chi connectivity index (χ4v) is 7.59. The number of carbonyl (C=O) groups excluding carboxylic acids is 1. The van der Waals surface area contributed by atoms with Gasteiger partial charge in [0.05, 0.1) is 9.79 Å². The lowest BCUT2D eigenvalue weighted by molar-refractivity contribution is -0.120. The fourth-order valence-electron chi connectivity index (χ4n) is 4.60. The number of hydrogen-bond acceptors (Lipinski definition) is 5. The average Bonchev–Trinajstić information content (AvgIpc) is 3.15. The molecule has 2 aromatic carbocycles. The van der Waals surface area contributed by atoms with E-state index >= 15 is 0 Å². The van der Waals surface area contributed by atoms with E-state index in [2.05, 4.69) is 5.32 Å². The molecule has 4 rings (SSSR count). The molecule has 0 saturated carbocycles. The summed E-state index contributed by atoms with van der Waals surface area (Å²) < 4.78 is 54.6. The molecule has 0 unspecified atom stereocenters. The van der Waals surface area contributed by atoms with Crippen molar-refractivity contribution in [3.63, 3.8) is 0 Å². The number of hydrogen-bond donors (Lipinski definition) is 1. The lowest BCUT2D eigenvalue weighted by Crippen LogP contribution is -2.41. The quantitative estimate of drug-likeness (QED) is 0.628. The summed E-state index contributed by atoms with van der Waals surface area (Å²) >= 11 is 0. The van der Waals surface area contributed by atoms with Crippen molar-refractivity contribution in [2.24, 2.45) is 5.92 Å². The molecule has 10 heteroatoms. The predicted molar refractivity (Wildman–Crippen MR) is 135 cm³/mol. The molecule has 2 aliphatic rings. The summed E-state index contributed by atoms with van der Waals surface area (Å²) in [5.74, 6) is -0.486. The van der Waals surface area contributed by atoms with Crippen LogP contribution in [0.25, 0.3) is 0 Å². The Hall–Kier alpha value is -2.27. The van der Waals surface area contributed by atoms with Crippen molar-refractivity contribution in [1.29, 1.82) is 0 Å². The molecule has 0 aliphatic carbocycles. The first-order valence-electron chi connectivity index (χ1n) is 12.2. The molecule has 2 saturated heterocycles. The van der Waals surface area contributed by atoms with Gasteiger partial charge in [-0.25, -0.2) is 16.8 Å². The molecular weight excluding hydrogens is 486 g/mol. The summed E-state index contributed by atoms with van der Waals surface area (Å²) in [6.45, 7) is 3.55. The van der Waals surface area contributed by atoms with Crippen LogP contribution in [0.15, 0.2) is 58.3 Å². The highest BCUT2D eigenvalue weighted by Gasteiger charge is 2.32. The van der Waals surface area contributed by atoms with Gasteiger partial charge >= 0.3 is 0 Å². The first-order valence-corrected chi connectivity index (χ1v) is 15.0. The van der Waals surface area contributed by atoms with E-state index in [0.29, 0.717) is 31.6 Å². The normalized spacial score (nSPS) is 19.2. The molecule has 35 heavy (non-hydrogen) atoms. The van der Waals surface area contributed by atoms with E-state index in [4.69, 9.17) is 0 Å². The van der Waals surface area contributed by atoms with Gasteiger partial charge in [-0.3, -0.25) is 4.79 Å². The molecular formula is C25H33N3O5S2. The zero-order valence-corrected chi connectivity index (χ0v) is 21.7. The Labute approximate surface area is 208 Å². The minimum absolute atomic E-state index is 0.180. The van der Waals surface area contributed by atoms with Gasteiger partial charge in [0, 0.05) is 37.8 Å². The number of carbonyl (C=O) groups is 1. The number of amides is 1. The second kappa shape index (κ2) is 10.8. The lowest BCUT2D eigenvalue weighted by Gasteiger charge is -2.30. The summed E-state index contributed by atoms with van der Waals surface area (Å²) in [6.07, 6.45) is 4.70. The molecule has 2 heterocycles. The van der Waals surface area contributed by atoms with Gasteiger partial charge in [-0.15, -0.1) is 0 Å². The minimum atomic E-state index is -3.58. The third-order valence-electron chi connectivity index (χ3n) is 6.81. The van der Waals surface area contributed by atoms with Crippen molar-refractivity contribution in [2.45, 2.75) is 55.2 Å². The van der Waals surface area contributed by atoms with Crippen molar-refractivity contribution in [3.05, 3.63) is 54.1 Å². The summed E-state index contributed by atoms with van der Waals surface area (Å²) in [5, 5.41) is 2.86. The number of piperidine rings is 1. The second-order valence-corrected chi connectivity index (χ2v) is 13.2. The van der Waals surface area contributed by atoms with Crippen molar-refractivity contribution < 1.29 is 21.6 Å². The Bertz CT molecular complexity index is 1230. The van der Waals surface area contributed by atoms with E-state index in [-0.39, 0.29) is 34.7 Å². The SMILES string of the molecule is Cc1ccc(S(=O)(=O)N2CCC(C(=O)Nc3ccc(S(=O)(=O)N4CCCCCC4)cc3)CC2)cc1. The van der Waals surface area contributed by atoms with Crippen molar-refractivity contribution in [2.75, 3.05) is 31.5 Å². The van der Waals surface area contributed by atoms with E-state index in [1.807, 2.05) is 6.92 Å². The van der Waals surface area contributed by atoms with Gasteiger partial charge in [-0.1, -0.05) is 30.5 Å². The number of sulfonamides is 2. The first kappa shape index (κ1) is 25.8. The predicted octanol–water partition coefficient (Wildman–Crippen LogP) is 3.60. The molecule has 8 nitrogen and oxygen atoms in total. The lowest BCUT2D eigenvalue weighted by atomic mass is 9.97. The third-order valence-corrected chi connectivity index (χ3v) is 10.6. The molecule has 0 atom stereocenters. The number of aryl methyl sites for hydroxylation is 1. The van der Waals surface area contributed by atoms with E-state index in [9.17, 15) is 21.6 Å². The van der Waals surface area contributed by atoms with Crippen molar-refractivity contribution in [1.82, 2.24) is 8.61 Å². The number of benzene rings is 2. The highest BCUT2D eigenvalue weighted by atomic mass is 32.2. The molecule has 1 N–H and O–H groups in total. The topological polar surface area (TPSA) is 104 Å². The van der Waals surface area contributed by atoms with E-state index in [1.54, 1.807) is 40.7 Å². The fraction of sp³-hybridized carbons (Fsp3) is 0.480. The van der Waals surface area contributed by atoms with Crippen LogP contribution in [0.4, 0.5) is 5.69 Å². The Morgan fingerprint density at radius 1 is 0.714 bits per heavy atom. The smallest absolute Gasteiger partial charge is 0.243 e. The zero-order chi connectivity index (χ0) is 25.1. The molecule has 0 spiro atoms. The van der Waals surface area contributed by atoms with Gasteiger partial charge in [-0.2, -0.15) is 8.61 Å². The standard InChI is InChI=1S/C25H33N3O5S2/c1-20-6-10-23(11-7-20)35(32,33)28-18-14-21(15-19-28)25(29)26-22-8-12-24(13-9-22)34(30,31)27-16-4-2-3-5-17-27/h6-13,21H,2-5,14-19H2,1H3,(H,26,29). The Morgan fingerprint density at radius 2 is 1.17 bits per heavy atom. The molecule has 0 radical (unpaired) electrons. The van der Waals surface area contributed by atoms with Crippen molar-refractivity contribution >= 4 is 31.6 Å². The monoisotopic (exact) mass is 519 g/mol. The van der Waals surface area contributed by atoms with Gasteiger partial charge in [0.25, 0.3) is 0 Å². The molecule has 0 aromatic heterocycles. The number of anilines is 1. The molecule has 0 bridgehead atoms. The van der Waals surface area contributed by atoms with E-state index in [1.165, 1.54) is 16.4 Å². The number of rotatable bonds is 6. The van der Waals surface area contributed by atoms with Crippen LogP contribution in [0.3, 0.4) is 0 Å². The summed E-state index contributed by atoms with van der Waals surface area (Å²) in [7, 11) is -7.11. The first-order chi connectivity index (χ1) is 16.7. The van der Waals surface area contributed by atoms with Crippen LogP contribution in [0.2, 0.25) is 0 Å². The highest BCUT2D eigenvalue weighted by molar-refractivity contribution is 7.89. The maximum Gasteiger partial charge on any atom is 0.243 e. The molecule has 190 valence electrons. The maximum absolute atomic E-state index is 12.9. The Morgan fingerprint density at radius 3 is 1.69 bits per heavy atom. The number of nitrogens with zero attached hydrogens (tertiary/aromatic N) is 2. The third kappa shape index (κ3) is 5.94. The second-order valence-electron chi connectivity index (χ2n) is 9.32. The molecule has 1 amide bonds. The number of nitrogens with one attached hydrogen (secondary N) is 1. The maximum atomic E-state index is 12.9. The van der Waals surface area contributed by atoms with Gasteiger partial charge in [0.15, 0.2) is 0 Å². The van der Waals surface area contributed by atoms with Crippen LogP contribution in [0.1, 0.15) is 44.1 Å². The van der Waals surface area contributed by atoms with Crippen LogP contribution in [0.5, 0.6) is 0 Å². The van der Waals surface area contributed by atoms with Crippen LogP contribution < -0.4 is 5.32 Å². The molecule has 2 aromatic rings. The Kier molecular flexibility index (Phi) is 7.95. The van der Waals surface area contributed by atoms with E-state index < -0.39 is 20.0 Å². The van der Waals surface area contributed by atoms with Crippen LogP contribution in [-0.2, 0) is 24.8 Å². The summed E-state index contributed by atoms with van der Waals surface area (Å²) in [6, 6.07) is 13.1. The van der Waals surface area contributed by atoms with Crippen LogP contribution in [0, 0.1) is 12.8 Å².